The molecule has 0 spiro atoms. The molecular weight excluding hydrogens is 314 g/mol. The quantitative estimate of drug-likeness (QED) is 0.862. The molecule has 2 heterocycles. The van der Waals surface area contributed by atoms with E-state index in [1.54, 1.807) is 19.9 Å². The van der Waals surface area contributed by atoms with E-state index in [9.17, 15) is 9.59 Å². The largest absolute Gasteiger partial charge is 0.360 e. The number of nitrogens with zero attached hydrogens (tertiary/aromatic N) is 2. The van der Waals surface area contributed by atoms with Gasteiger partial charge in [0.15, 0.2) is 5.82 Å². The van der Waals surface area contributed by atoms with E-state index in [4.69, 9.17) is 4.52 Å². The highest BCUT2D eigenvalue weighted by molar-refractivity contribution is 8.01. The minimum atomic E-state index is -0.319. The summed E-state index contributed by atoms with van der Waals surface area (Å²) in [4.78, 5) is 26.5. The van der Waals surface area contributed by atoms with Crippen LogP contribution >= 0.6 is 11.8 Å². The fraction of sp³-hybridized carbons (Fsp3) is 0.688. The van der Waals surface area contributed by atoms with Gasteiger partial charge in [-0.3, -0.25) is 9.59 Å². The summed E-state index contributed by atoms with van der Waals surface area (Å²) >= 11 is 1.36. The zero-order valence-electron chi connectivity index (χ0n) is 14.0. The van der Waals surface area contributed by atoms with Gasteiger partial charge in [0.2, 0.25) is 11.8 Å². The number of amides is 2. The van der Waals surface area contributed by atoms with Crippen molar-refractivity contribution in [3.63, 3.8) is 0 Å². The smallest absolute Gasteiger partial charge is 0.238 e. The van der Waals surface area contributed by atoms with Crippen molar-refractivity contribution in [3.05, 3.63) is 11.8 Å². The Kier molecular flexibility index (Phi) is 6.50. The Labute approximate surface area is 141 Å². The molecule has 2 atom stereocenters. The Balaban J connectivity index is 1.79. The molecule has 1 aliphatic rings. The number of likely N-dealkylation sites (tertiary alicyclic amines) is 1. The van der Waals surface area contributed by atoms with E-state index in [2.05, 4.69) is 17.4 Å². The van der Waals surface area contributed by atoms with Gasteiger partial charge in [-0.1, -0.05) is 12.1 Å². The molecule has 1 N–H and O–H groups in total. The average Bonchev–Trinajstić information content (AvgIpc) is 2.96. The molecule has 0 radical (unpaired) electrons. The summed E-state index contributed by atoms with van der Waals surface area (Å²) in [5.41, 5.74) is 0. The summed E-state index contributed by atoms with van der Waals surface area (Å²) in [6.07, 6.45) is 4.37. The van der Waals surface area contributed by atoms with Gasteiger partial charge in [0.05, 0.1) is 11.0 Å². The predicted octanol–water partition coefficient (Wildman–Crippen LogP) is 2.83. The zero-order valence-corrected chi connectivity index (χ0v) is 14.8. The molecular formula is C16H25N3O3S. The van der Waals surface area contributed by atoms with Crippen LogP contribution < -0.4 is 5.32 Å². The molecule has 2 unspecified atom stereocenters. The third-order valence-corrected chi connectivity index (χ3v) is 5.25. The first kappa shape index (κ1) is 17.8. The molecule has 1 aromatic rings. The summed E-state index contributed by atoms with van der Waals surface area (Å²) in [6.45, 7) is 6.53. The molecule has 1 aliphatic heterocycles. The van der Waals surface area contributed by atoms with E-state index in [0.717, 1.165) is 25.8 Å². The number of nitrogens with one attached hydrogen (secondary N) is 1. The second-order valence-electron chi connectivity index (χ2n) is 5.91. The van der Waals surface area contributed by atoms with E-state index in [0.29, 0.717) is 23.4 Å². The predicted molar refractivity (Wildman–Crippen MR) is 91.4 cm³/mol. The normalized spacial score (nSPS) is 19.4. The van der Waals surface area contributed by atoms with Crippen LogP contribution in [-0.2, 0) is 9.59 Å². The van der Waals surface area contributed by atoms with Crippen LogP contribution in [0.3, 0.4) is 0 Å². The molecule has 6 nitrogen and oxygen atoms in total. The third-order valence-electron chi connectivity index (χ3n) is 4.12. The van der Waals surface area contributed by atoms with Crippen LogP contribution in [-0.4, -0.2) is 45.5 Å². The van der Waals surface area contributed by atoms with Crippen molar-refractivity contribution in [2.45, 2.75) is 57.7 Å². The number of aromatic nitrogens is 1. The summed E-state index contributed by atoms with van der Waals surface area (Å²) in [6, 6.07) is 2.03. The first-order chi connectivity index (χ1) is 11.0. The number of hydrogen-bond acceptors (Lipinski definition) is 5. The van der Waals surface area contributed by atoms with Gasteiger partial charge in [0.1, 0.15) is 5.76 Å². The number of aryl methyl sites for hydroxylation is 1. The average molecular weight is 339 g/mol. The minimum Gasteiger partial charge on any atom is -0.360 e. The Morgan fingerprint density at radius 3 is 2.96 bits per heavy atom. The van der Waals surface area contributed by atoms with Crippen LogP contribution in [0.5, 0.6) is 0 Å². The SMILES string of the molecule is CCC1CCCCN1C(=O)CSC(C)C(=O)Nc1cc(C)on1. The minimum absolute atomic E-state index is 0.137. The first-order valence-electron chi connectivity index (χ1n) is 8.16. The molecule has 2 amide bonds. The number of rotatable bonds is 6. The second-order valence-corrected chi connectivity index (χ2v) is 7.24. The lowest BCUT2D eigenvalue weighted by atomic mass is 10.0. The van der Waals surface area contributed by atoms with Crippen LogP contribution in [0.4, 0.5) is 5.82 Å². The van der Waals surface area contributed by atoms with Crippen LogP contribution in [0.2, 0.25) is 0 Å². The molecule has 0 aliphatic carbocycles. The zero-order chi connectivity index (χ0) is 16.8. The number of anilines is 1. The molecule has 1 saturated heterocycles. The van der Waals surface area contributed by atoms with E-state index >= 15 is 0 Å². The molecule has 0 saturated carbocycles. The number of piperidine rings is 1. The van der Waals surface area contributed by atoms with Crippen molar-refractivity contribution in [2.75, 3.05) is 17.6 Å². The van der Waals surface area contributed by atoms with Crippen molar-refractivity contribution in [1.82, 2.24) is 10.1 Å². The highest BCUT2D eigenvalue weighted by Gasteiger charge is 2.26. The van der Waals surface area contributed by atoms with Gasteiger partial charge < -0.3 is 14.7 Å². The Bertz CT molecular complexity index is 546. The molecule has 0 bridgehead atoms. The summed E-state index contributed by atoms with van der Waals surface area (Å²) < 4.78 is 4.91. The van der Waals surface area contributed by atoms with Gasteiger partial charge in [-0.25, -0.2) is 0 Å². The summed E-state index contributed by atoms with van der Waals surface area (Å²) in [7, 11) is 0. The number of thioether (sulfide) groups is 1. The maximum Gasteiger partial charge on any atom is 0.238 e. The van der Waals surface area contributed by atoms with Crippen molar-refractivity contribution in [1.29, 1.82) is 0 Å². The van der Waals surface area contributed by atoms with Gasteiger partial charge in [0, 0.05) is 18.7 Å². The fourth-order valence-corrected chi connectivity index (χ4v) is 3.53. The lowest BCUT2D eigenvalue weighted by Crippen LogP contribution is -2.44. The summed E-state index contributed by atoms with van der Waals surface area (Å²) in [5, 5.41) is 6.11. The molecule has 0 aromatic carbocycles. The number of carbonyl (C=O) groups excluding carboxylic acids is 2. The van der Waals surface area contributed by atoms with Gasteiger partial charge in [0.25, 0.3) is 0 Å². The maximum absolute atomic E-state index is 12.4. The second kappa shape index (κ2) is 8.38. The molecule has 23 heavy (non-hydrogen) atoms. The van der Waals surface area contributed by atoms with E-state index < -0.39 is 0 Å². The molecule has 1 fully saturated rings. The molecule has 7 heteroatoms. The van der Waals surface area contributed by atoms with E-state index in [1.165, 1.54) is 18.2 Å². The highest BCUT2D eigenvalue weighted by atomic mass is 32.2. The fourth-order valence-electron chi connectivity index (χ4n) is 2.76. The molecule has 1 aromatic heterocycles. The van der Waals surface area contributed by atoms with Gasteiger partial charge in [-0.05, 0) is 39.5 Å². The standard InChI is InChI=1S/C16H25N3O3S/c1-4-13-7-5-6-8-19(13)15(20)10-23-12(3)16(21)17-14-9-11(2)22-18-14/h9,12-13H,4-8,10H2,1-3H3,(H,17,18,21). The molecule has 2 rings (SSSR count). The van der Waals surface area contributed by atoms with Crippen molar-refractivity contribution < 1.29 is 14.1 Å². The number of hydrogen-bond donors (Lipinski definition) is 1. The van der Waals surface area contributed by atoms with E-state index in [1.807, 2.05) is 4.90 Å². The Morgan fingerprint density at radius 1 is 1.52 bits per heavy atom. The summed E-state index contributed by atoms with van der Waals surface area (Å²) in [5.74, 6) is 1.36. The highest BCUT2D eigenvalue weighted by Crippen LogP contribution is 2.22. The monoisotopic (exact) mass is 339 g/mol. The van der Waals surface area contributed by atoms with Crippen LogP contribution in [0.1, 0.15) is 45.3 Å². The van der Waals surface area contributed by atoms with Crippen LogP contribution in [0.25, 0.3) is 0 Å². The first-order valence-corrected chi connectivity index (χ1v) is 9.21. The number of carbonyl (C=O) groups is 2. The van der Waals surface area contributed by atoms with Crippen molar-refractivity contribution in [3.8, 4) is 0 Å². The van der Waals surface area contributed by atoms with Crippen molar-refractivity contribution in [2.24, 2.45) is 0 Å². The van der Waals surface area contributed by atoms with Gasteiger partial charge in [-0.15, -0.1) is 11.8 Å². The topological polar surface area (TPSA) is 75.4 Å². The van der Waals surface area contributed by atoms with Crippen LogP contribution in [0, 0.1) is 6.92 Å². The van der Waals surface area contributed by atoms with Crippen molar-refractivity contribution >= 4 is 29.4 Å². The third kappa shape index (κ3) is 4.99. The van der Waals surface area contributed by atoms with E-state index in [-0.39, 0.29) is 17.1 Å². The van der Waals surface area contributed by atoms with Gasteiger partial charge >= 0.3 is 0 Å². The maximum atomic E-state index is 12.4. The Morgan fingerprint density at radius 2 is 2.30 bits per heavy atom. The Hall–Kier alpha value is -1.50. The van der Waals surface area contributed by atoms with Gasteiger partial charge in [-0.2, -0.15) is 0 Å². The lowest BCUT2D eigenvalue weighted by Gasteiger charge is -2.35. The molecule has 128 valence electrons. The van der Waals surface area contributed by atoms with Crippen LogP contribution in [0.15, 0.2) is 10.6 Å². The lowest BCUT2D eigenvalue weighted by molar-refractivity contribution is -0.132.